The smallest absolute Gasteiger partial charge is 0.332 e. The second-order valence-electron chi connectivity index (χ2n) is 12.1. The van der Waals surface area contributed by atoms with Crippen LogP contribution in [-0.4, -0.2) is 53.1 Å². The Hall–Kier alpha value is -1.74. The van der Waals surface area contributed by atoms with Crippen LogP contribution in [0.1, 0.15) is 72.4 Å². The summed E-state index contributed by atoms with van der Waals surface area (Å²) in [5.41, 5.74) is 2.86. The summed E-state index contributed by atoms with van der Waals surface area (Å²) in [6.45, 7) is 11.7. The van der Waals surface area contributed by atoms with Gasteiger partial charge in [0.15, 0.2) is 5.79 Å². The number of ether oxygens (including phenoxy) is 4. The molecule has 0 unspecified atom stereocenters. The highest BCUT2D eigenvalue weighted by Gasteiger charge is 2.33. The molecule has 1 saturated carbocycles. The second kappa shape index (κ2) is 12.6. The van der Waals surface area contributed by atoms with Gasteiger partial charge in [-0.05, 0) is 101 Å². The Balaban J connectivity index is 1.34. The van der Waals surface area contributed by atoms with E-state index in [2.05, 4.69) is 44.9 Å². The van der Waals surface area contributed by atoms with Crippen LogP contribution in [0.25, 0.3) is 11.3 Å². The van der Waals surface area contributed by atoms with Gasteiger partial charge in [-0.25, -0.2) is 4.79 Å². The van der Waals surface area contributed by atoms with Gasteiger partial charge in [-0.15, -0.1) is 0 Å². The van der Waals surface area contributed by atoms with E-state index in [1.54, 1.807) is 0 Å². The molecule has 0 spiro atoms. The summed E-state index contributed by atoms with van der Waals surface area (Å²) in [6.07, 6.45) is 6.33. The molecule has 4 rings (SSSR count). The number of halogens is 1. The van der Waals surface area contributed by atoms with Crippen LogP contribution in [0.5, 0.6) is 0 Å². The molecule has 1 aromatic carbocycles. The molecule has 7 nitrogen and oxygen atoms in total. The van der Waals surface area contributed by atoms with Gasteiger partial charge in [-0.2, -0.15) is 5.10 Å². The van der Waals surface area contributed by atoms with E-state index in [1.165, 1.54) is 5.69 Å². The van der Waals surface area contributed by atoms with Crippen LogP contribution in [0.3, 0.4) is 0 Å². The number of carbonyl (C=O) groups excluding carboxylic acids is 1. The van der Waals surface area contributed by atoms with Crippen molar-refractivity contribution in [2.24, 2.45) is 11.8 Å². The normalized spacial score (nSPS) is 23.5. The van der Waals surface area contributed by atoms with Crippen LogP contribution < -0.4 is 0 Å². The first-order chi connectivity index (χ1) is 18.0. The molecule has 2 aromatic rings. The molecule has 2 fully saturated rings. The van der Waals surface area contributed by atoms with Gasteiger partial charge < -0.3 is 18.9 Å². The molecule has 1 aliphatic carbocycles. The number of rotatable bonds is 10. The summed E-state index contributed by atoms with van der Waals surface area (Å²) < 4.78 is 26.2. The lowest BCUT2D eigenvalue weighted by atomic mass is 9.82. The maximum atomic E-state index is 11.9. The Kier molecular flexibility index (Phi) is 9.72. The molecule has 0 radical (unpaired) electrons. The first kappa shape index (κ1) is 29.2. The maximum Gasteiger partial charge on any atom is 0.332 e. The lowest BCUT2D eigenvalue weighted by Gasteiger charge is -2.29. The lowest BCUT2D eigenvalue weighted by Crippen LogP contribution is -2.28. The van der Waals surface area contributed by atoms with Gasteiger partial charge in [0.1, 0.15) is 17.9 Å². The van der Waals surface area contributed by atoms with E-state index in [0.717, 1.165) is 60.8 Å². The monoisotopic (exact) mass is 590 g/mol. The fourth-order valence-corrected chi connectivity index (χ4v) is 6.06. The number of esters is 1. The molecule has 0 amide bonds. The minimum atomic E-state index is -0.507. The Morgan fingerprint density at radius 1 is 1.13 bits per heavy atom. The molecule has 1 aromatic heterocycles. The average Bonchev–Trinajstić information content (AvgIpc) is 3.36. The summed E-state index contributed by atoms with van der Waals surface area (Å²) in [6, 6.07) is 10.4. The van der Waals surface area contributed by atoms with Crippen molar-refractivity contribution in [2.45, 2.75) is 97.2 Å². The molecule has 0 bridgehead atoms. The third-order valence-electron chi connectivity index (χ3n) is 7.20. The number of hydrogen-bond acceptors (Lipinski definition) is 6. The SMILES string of the molecule is CC(C)(C)OC(=O)COCC1CCC(Cn2nc(-c3ccccc3)c(Br)c2CC[C@H]2COC(C)(C)O2)CC1. The van der Waals surface area contributed by atoms with Crippen LogP contribution in [0.2, 0.25) is 0 Å². The molecule has 38 heavy (non-hydrogen) atoms. The average molecular weight is 592 g/mol. The quantitative estimate of drug-likeness (QED) is 0.292. The van der Waals surface area contributed by atoms with Crippen molar-refractivity contribution in [3.8, 4) is 11.3 Å². The van der Waals surface area contributed by atoms with Gasteiger partial charge in [0.25, 0.3) is 0 Å². The first-order valence-corrected chi connectivity index (χ1v) is 14.7. The summed E-state index contributed by atoms with van der Waals surface area (Å²) in [5.74, 6) is 0.249. The van der Waals surface area contributed by atoms with Crippen molar-refractivity contribution >= 4 is 21.9 Å². The molecule has 0 N–H and O–H groups in total. The zero-order valence-corrected chi connectivity index (χ0v) is 25.1. The molecule has 2 heterocycles. The summed E-state index contributed by atoms with van der Waals surface area (Å²) in [5, 5.41) is 5.09. The minimum absolute atomic E-state index is 0.0249. The van der Waals surface area contributed by atoms with Gasteiger partial charge in [0, 0.05) is 12.1 Å². The number of benzene rings is 1. The van der Waals surface area contributed by atoms with Gasteiger partial charge in [0.2, 0.25) is 0 Å². The number of nitrogens with zero attached hydrogens (tertiary/aromatic N) is 2. The van der Waals surface area contributed by atoms with Gasteiger partial charge >= 0.3 is 5.97 Å². The standard InChI is InChI=1S/C30H43BrN2O5/c1-29(2,3)38-26(34)20-35-18-22-13-11-21(12-14-22)17-33-25(16-15-24-19-36-30(4,5)37-24)27(31)28(32-33)23-9-7-6-8-10-23/h6-10,21-22,24H,11-20H2,1-5H3/t21?,22?,24-/m0/s1. The molecular weight excluding hydrogens is 548 g/mol. The fraction of sp³-hybridized carbons (Fsp3) is 0.667. The highest BCUT2D eigenvalue weighted by molar-refractivity contribution is 9.10. The topological polar surface area (TPSA) is 71.8 Å². The van der Waals surface area contributed by atoms with Crippen LogP contribution in [0, 0.1) is 11.8 Å². The Morgan fingerprint density at radius 2 is 1.82 bits per heavy atom. The van der Waals surface area contributed by atoms with E-state index in [-0.39, 0.29) is 18.7 Å². The third-order valence-corrected chi connectivity index (χ3v) is 8.04. The zero-order valence-electron chi connectivity index (χ0n) is 23.5. The summed E-state index contributed by atoms with van der Waals surface area (Å²) >= 11 is 3.89. The van der Waals surface area contributed by atoms with E-state index >= 15 is 0 Å². The lowest BCUT2D eigenvalue weighted by molar-refractivity contribution is -0.160. The van der Waals surface area contributed by atoms with Crippen molar-refractivity contribution in [3.63, 3.8) is 0 Å². The molecule has 1 aliphatic heterocycles. The van der Waals surface area contributed by atoms with Crippen molar-refractivity contribution < 1.29 is 23.7 Å². The van der Waals surface area contributed by atoms with Crippen LogP contribution in [0.4, 0.5) is 0 Å². The Morgan fingerprint density at radius 3 is 2.45 bits per heavy atom. The number of carbonyl (C=O) groups is 1. The zero-order chi connectivity index (χ0) is 27.3. The number of aromatic nitrogens is 2. The first-order valence-electron chi connectivity index (χ1n) is 13.9. The van der Waals surface area contributed by atoms with Crippen LogP contribution in [0.15, 0.2) is 34.8 Å². The predicted octanol–water partition coefficient (Wildman–Crippen LogP) is 6.56. The van der Waals surface area contributed by atoms with E-state index < -0.39 is 11.4 Å². The highest BCUT2D eigenvalue weighted by Crippen LogP contribution is 2.35. The second-order valence-corrected chi connectivity index (χ2v) is 12.9. The van der Waals surface area contributed by atoms with Crippen LogP contribution >= 0.6 is 15.9 Å². The number of hydrogen-bond donors (Lipinski definition) is 0. The predicted molar refractivity (Wildman–Crippen MR) is 151 cm³/mol. The van der Waals surface area contributed by atoms with Crippen molar-refractivity contribution in [1.29, 1.82) is 0 Å². The molecular formula is C30H43BrN2O5. The van der Waals surface area contributed by atoms with E-state index in [4.69, 9.17) is 24.0 Å². The van der Waals surface area contributed by atoms with Gasteiger partial charge in [0.05, 0.1) is 29.5 Å². The molecule has 1 atom stereocenters. The van der Waals surface area contributed by atoms with E-state index in [9.17, 15) is 4.79 Å². The minimum Gasteiger partial charge on any atom is -0.458 e. The van der Waals surface area contributed by atoms with Crippen LogP contribution in [-0.2, 0) is 36.7 Å². The Labute approximate surface area is 235 Å². The molecule has 210 valence electrons. The molecule has 8 heteroatoms. The molecule has 1 saturated heterocycles. The maximum absolute atomic E-state index is 11.9. The molecule has 2 aliphatic rings. The largest absolute Gasteiger partial charge is 0.458 e. The Bertz CT molecular complexity index is 1050. The highest BCUT2D eigenvalue weighted by atomic mass is 79.9. The van der Waals surface area contributed by atoms with Gasteiger partial charge in [-0.1, -0.05) is 30.3 Å². The van der Waals surface area contributed by atoms with Gasteiger partial charge in [-0.3, -0.25) is 4.68 Å². The van der Waals surface area contributed by atoms with Crippen molar-refractivity contribution in [2.75, 3.05) is 19.8 Å². The van der Waals surface area contributed by atoms with E-state index in [0.29, 0.717) is 25.0 Å². The van der Waals surface area contributed by atoms with E-state index in [1.807, 2.05) is 40.7 Å². The summed E-state index contributed by atoms with van der Waals surface area (Å²) in [7, 11) is 0. The fourth-order valence-electron chi connectivity index (χ4n) is 5.35. The summed E-state index contributed by atoms with van der Waals surface area (Å²) in [4.78, 5) is 11.9. The third kappa shape index (κ3) is 8.38. The van der Waals surface area contributed by atoms with Crippen molar-refractivity contribution in [1.82, 2.24) is 9.78 Å². The van der Waals surface area contributed by atoms with Crippen molar-refractivity contribution in [3.05, 3.63) is 40.5 Å².